The van der Waals surface area contributed by atoms with Gasteiger partial charge in [0.1, 0.15) is 17.3 Å². The summed E-state index contributed by atoms with van der Waals surface area (Å²) >= 11 is 6.14. The number of fused-ring (bicyclic) bond motifs is 1. The van der Waals surface area contributed by atoms with Crippen molar-refractivity contribution in [1.82, 2.24) is 19.4 Å². The number of methoxy groups -OCH3 is 1. The minimum absolute atomic E-state index is 0.0854. The fraction of sp³-hybridized carbons (Fsp3) is 0.321. The number of nitrogens with zero attached hydrogens (tertiary/aromatic N) is 4. The molecule has 0 radical (unpaired) electrons. The van der Waals surface area contributed by atoms with Crippen LogP contribution >= 0.6 is 11.6 Å². The molecule has 0 bridgehead atoms. The van der Waals surface area contributed by atoms with Crippen LogP contribution in [0.15, 0.2) is 54.7 Å². The summed E-state index contributed by atoms with van der Waals surface area (Å²) in [4.78, 5) is 23.4. The average Bonchev–Trinajstić information content (AvgIpc) is 3.24. The number of hydrogen-bond donors (Lipinski definition) is 2. The molecule has 2 aromatic heterocycles. The first-order valence-electron chi connectivity index (χ1n) is 12.9. The van der Waals surface area contributed by atoms with E-state index in [-0.39, 0.29) is 29.3 Å². The van der Waals surface area contributed by atoms with Crippen molar-refractivity contribution in [2.75, 3.05) is 37.4 Å². The second kappa shape index (κ2) is 11.9. The Balaban J connectivity index is 1.26. The van der Waals surface area contributed by atoms with E-state index >= 15 is 0 Å². The zero-order valence-corrected chi connectivity index (χ0v) is 23.1. The quantitative estimate of drug-likeness (QED) is 0.252. The van der Waals surface area contributed by atoms with Crippen molar-refractivity contribution in [3.05, 3.63) is 65.3 Å². The van der Waals surface area contributed by atoms with Gasteiger partial charge in [-0.25, -0.2) is 9.97 Å². The maximum absolute atomic E-state index is 13.2. The third kappa shape index (κ3) is 6.89. The van der Waals surface area contributed by atoms with E-state index in [0.717, 1.165) is 43.6 Å². The Kier molecular flexibility index (Phi) is 8.34. The van der Waals surface area contributed by atoms with E-state index in [1.165, 1.54) is 12.3 Å². The van der Waals surface area contributed by atoms with E-state index in [4.69, 9.17) is 21.1 Å². The van der Waals surface area contributed by atoms with Crippen LogP contribution in [0.3, 0.4) is 0 Å². The van der Waals surface area contributed by atoms with Gasteiger partial charge in [-0.15, -0.1) is 0 Å². The second-order valence-corrected chi connectivity index (χ2v) is 10.1. The number of amides is 1. The van der Waals surface area contributed by atoms with Crippen molar-refractivity contribution < 1.29 is 27.4 Å². The Labute approximate surface area is 239 Å². The summed E-state index contributed by atoms with van der Waals surface area (Å²) in [7, 11) is 3.44. The molecule has 216 valence electrons. The molecule has 1 saturated heterocycles. The molecule has 2 aromatic carbocycles. The van der Waals surface area contributed by atoms with E-state index in [0.29, 0.717) is 28.8 Å². The third-order valence-corrected chi connectivity index (χ3v) is 7.19. The lowest BCUT2D eigenvalue weighted by Gasteiger charge is -2.30. The van der Waals surface area contributed by atoms with E-state index in [1.54, 1.807) is 49.1 Å². The Morgan fingerprint density at radius 3 is 2.59 bits per heavy atom. The molecule has 9 nitrogen and oxygen atoms in total. The molecule has 0 unspecified atom stereocenters. The minimum Gasteiger partial charge on any atom is -0.457 e. The molecule has 3 heterocycles. The van der Waals surface area contributed by atoms with Crippen LogP contribution in [0.4, 0.5) is 30.6 Å². The number of likely N-dealkylation sites (tertiary alicyclic amines) is 1. The number of carbonyl (C=O) groups excluding carboxylic acids is 1. The summed E-state index contributed by atoms with van der Waals surface area (Å²) in [6.07, 6.45) is -0.941. The van der Waals surface area contributed by atoms with Crippen LogP contribution in [0.5, 0.6) is 11.5 Å². The third-order valence-electron chi connectivity index (χ3n) is 6.86. The first kappa shape index (κ1) is 28.7. The number of alkyl halides is 3. The number of piperidine rings is 1. The number of rotatable bonds is 8. The zero-order chi connectivity index (χ0) is 29.1. The van der Waals surface area contributed by atoms with E-state index in [9.17, 15) is 18.0 Å². The number of nitrogens with one attached hydrogen (secondary N) is 2. The SMILES string of the molecule is COC1CCN(CC(=O)Nc2cc(Oc3ccc4c(c3)nc(Nc3cc(C(F)(F)F)ccc3Cl)n4C)ccn2)CC1. The molecule has 5 rings (SSSR count). The molecule has 1 fully saturated rings. The van der Waals surface area contributed by atoms with Crippen LogP contribution in [0.1, 0.15) is 18.4 Å². The molecule has 0 aliphatic carbocycles. The maximum Gasteiger partial charge on any atom is 0.416 e. The summed E-state index contributed by atoms with van der Waals surface area (Å²) in [6.45, 7) is 1.85. The molecule has 0 atom stereocenters. The maximum atomic E-state index is 13.2. The summed E-state index contributed by atoms with van der Waals surface area (Å²) in [5, 5.41) is 5.84. The van der Waals surface area contributed by atoms with Crippen molar-refractivity contribution in [1.29, 1.82) is 0 Å². The van der Waals surface area contributed by atoms with Crippen molar-refractivity contribution in [2.45, 2.75) is 25.1 Å². The van der Waals surface area contributed by atoms with Gasteiger partial charge in [0.05, 0.1) is 40.0 Å². The summed E-state index contributed by atoms with van der Waals surface area (Å²) in [5.41, 5.74) is 0.538. The van der Waals surface area contributed by atoms with Crippen LogP contribution in [-0.2, 0) is 22.8 Å². The van der Waals surface area contributed by atoms with Gasteiger partial charge in [-0.3, -0.25) is 9.69 Å². The van der Waals surface area contributed by atoms with Gasteiger partial charge in [0.15, 0.2) is 0 Å². The predicted molar refractivity (Wildman–Crippen MR) is 150 cm³/mol. The first-order chi connectivity index (χ1) is 19.6. The Morgan fingerprint density at radius 2 is 1.85 bits per heavy atom. The number of aryl methyl sites for hydroxylation is 1. The molecule has 0 saturated carbocycles. The lowest BCUT2D eigenvalue weighted by Crippen LogP contribution is -2.41. The average molecular weight is 589 g/mol. The highest BCUT2D eigenvalue weighted by atomic mass is 35.5. The van der Waals surface area contributed by atoms with E-state index in [1.807, 2.05) is 0 Å². The van der Waals surface area contributed by atoms with Gasteiger partial charge < -0.3 is 24.7 Å². The predicted octanol–water partition coefficient (Wildman–Crippen LogP) is 6.23. The van der Waals surface area contributed by atoms with Gasteiger partial charge in [0, 0.05) is 45.6 Å². The Bertz CT molecular complexity index is 1550. The van der Waals surface area contributed by atoms with Crippen LogP contribution in [-0.4, -0.2) is 58.2 Å². The van der Waals surface area contributed by atoms with Crippen molar-refractivity contribution in [3.63, 3.8) is 0 Å². The minimum atomic E-state index is -4.50. The van der Waals surface area contributed by atoms with Crippen molar-refractivity contribution >= 4 is 46.0 Å². The molecular weight excluding hydrogens is 561 g/mol. The van der Waals surface area contributed by atoms with Crippen LogP contribution < -0.4 is 15.4 Å². The van der Waals surface area contributed by atoms with Gasteiger partial charge >= 0.3 is 6.18 Å². The Morgan fingerprint density at radius 1 is 1.10 bits per heavy atom. The van der Waals surface area contributed by atoms with Crippen LogP contribution in [0.25, 0.3) is 11.0 Å². The fourth-order valence-corrected chi connectivity index (χ4v) is 4.81. The number of benzene rings is 2. The van der Waals surface area contributed by atoms with Crippen LogP contribution in [0, 0.1) is 0 Å². The van der Waals surface area contributed by atoms with E-state index in [2.05, 4.69) is 25.5 Å². The number of imidazole rings is 1. The first-order valence-corrected chi connectivity index (χ1v) is 13.3. The van der Waals surface area contributed by atoms with Gasteiger partial charge in [0.25, 0.3) is 0 Å². The van der Waals surface area contributed by atoms with Crippen molar-refractivity contribution in [2.24, 2.45) is 7.05 Å². The molecule has 0 spiro atoms. The van der Waals surface area contributed by atoms with Gasteiger partial charge in [-0.1, -0.05) is 11.6 Å². The summed E-state index contributed by atoms with van der Waals surface area (Å²) < 4.78 is 52.6. The number of carbonyl (C=O) groups is 1. The highest BCUT2D eigenvalue weighted by molar-refractivity contribution is 6.33. The van der Waals surface area contributed by atoms with Crippen molar-refractivity contribution in [3.8, 4) is 11.5 Å². The highest BCUT2D eigenvalue weighted by Crippen LogP contribution is 2.35. The molecule has 1 aliphatic heterocycles. The lowest BCUT2D eigenvalue weighted by molar-refractivity contribution is -0.137. The summed E-state index contributed by atoms with van der Waals surface area (Å²) in [6, 6.07) is 11.6. The standard InChI is InChI=1S/C28H28ClF3N6O3/c1-37-24-6-4-19(14-23(24)35-27(37)34-22-13-17(28(30,31)32)3-5-21(22)29)41-20-7-10-33-25(15-20)36-26(39)16-38-11-8-18(40-2)9-12-38/h3-7,10,13-15,18H,8-9,11-12,16H2,1-2H3,(H,34,35)(H,33,36,39). The Hall–Kier alpha value is -3.87. The molecule has 13 heteroatoms. The monoisotopic (exact) mass is 588 g/mol. The normalized spacial score (nSPS) is 14.8. The molecule has 41 heavy (non-hydrogen) atoms. The molecule has 4 aromatic rings. The number of aromatic nitrogens is 3. The van der Waals surface area contributed by atoms with Gasteiger partial charge in [-0.05, 0) is 49.2 Å². The van der Waals surface area contributed by atoms with Gasteiger partial charge in [-0.2, -0.15) is 13.2 Å². The van der Waals surface area contributed by atoms with Gasteiger partial charge in [0.2, 0.25) is 11.9 Å². The number of pyridine rings is 1. The number of halogens is 4. The topological polar surface area (TPSA) is 93.5 Å². The number of hydrogen-bond acceptors (Lipinski definition) is 7. The molecule has 1 aliphatic rings. The smallest absolute Gasteiger partial charge is 0.416 e. The number of anilines is 3. The highest BCUT2D eigenvalue weighted by Gasteiger charge is 2.31. The molecular formula is C28H28ClF3N6O3. The largest absolute Gasteiger partial charge is 0.457 e. The number of ether oxygens (including phenoxy) is 2. The molecule has 2 N–H and O–H groups in total. The lowest BCUT2D eigenvalue weighted by atomic mass is 10.1. The molecule has 1 amide bonds. The van der Waals surface area contributed by atoms with Crippen LogP contribution in [0.2, 0.25) is 5.02 Å². The van der Waals surface area contributed by atoms with E-state index < -0.39 is 11.7 Å². The zero-order valence-electron chi connectivity index (χ0n) is 22.3. The fourth-order valence-electron chi connectivity index (χ4n) is 4.64. The second-order valence-electron chi connectivity index (χ2n) is 9.70. The summed E-state index contributed by atoms with van der Waals surface area (Å²) in [5.74, 6) is 1.44.